The predicted molar refractivity (Wildman–Crippen MR) is 95.2 cm³/mol. The molecule has 0 fully saturated rings. The van der Waals surface area contributed by atoms with E-state index in [9.17, 15) is 9.18 Å². The van der Waals surface area contributed by atoms with Gasteiger partial charge in [0.05, 0.1) is 17.8 Å². The fourth-order valence-electron chi connectivity index (χ4n) is 2.89. The third-order valence-corrected chi connectivity index (χ3v) is 4.44. The van der Waals surface area contributed by atoms with Gasteiger partial charge in [0.15, 0.2) is 0 Å². The fourth-order valence-corrected chi connectivity index (χ4v) is 2.89. The monoisotopic (exact) mass is 347 g/mol. The van der Waals surface area contributed by atoms with E-state index in [4.69, 9.17) is 5.11 Å². The number of aromatic nitrogens is 2. The summed E-state index contributed by atoms with van der Waals surface area (Å²) < 4.78 is 14.8. The zero-order valence-corrected chi connectivity index (χ0v) is 15.2. The second-order valence-corrected chi connectivity index (χ2v) is 6.64. The van der Waals surface area contributed by atoms with Gasteiger partial charge in [0, 0.05) is 23.9 Å². The molecule has 2 aromatic rings. The molecule has 0 saturated carbocycles. The highest BCUT2D eigenvalue weighted by atomic mass is 19.1. The SMILES string of the molecule is Cc1nn(-c2ccc(F)cc2)c(C)c1CC(=O)NC(CCO)C(C)C. The summed E-state index contributed by atoms with van der Waals surface area (Å²) >= 11 is 0. The molecule has 0 aliphatic carbocycles. The minimum absolute atomic E-state index is 0.0453. The molecule has 0 bridgehead atoms. The first-order valence-electron chi connectivity index (χ1n) is 8.54. The lowest BCUT2D eigenvalue weighted by Gasteiger charge is -2.21. The molecular weight excluding hydrogens is 321 g/mol. The maximum atomic E-state index is 13.1. The highest BCUT2D eigenvalue weighted by molar-refractivity contribution is 5.79. The number of hydrogen-bond donors (Lipinski definition) is 2. The number of carbonyl (C=O) groups excluding carboxylic acids is 1. The number of nitrogens with zero attached hydrogens (tertiary/aromatic N) is 2. The van der Waals surface area contributed by atoms with E-state index in [1.165, 1.54) is 12.1 Å². The summed E-state index contributed by atoms with van der Waals surface area (Å²) in [6, 6.07) is 6.05. The van der Waals surface area contributed by atoms with Crippen molar-refractivity contribution in [2.45, 2.75) is 46.6 Å². The maximum absolute atomic E-state index is 13.1. The number of halogens is 1. The first-order valence-corrected chi connectivity index (χ1v) is 8.54. The van der Waals surface area contributed by atoms with Crippen LogP contribution in [0.2, 0.25) is 0 Å². The molecule has 0 aliphatic heterocycles. The van der Waals surface area contributed by atoms with Crippen molar-refractivity contribution in [1.82, 2.24) is 15.1 Å². The van der Waals surface area contributed by atoms with Crippen molar-refractivity contribution in [3.63, 3.8) is 0 Å². The average molecular weight is 347 g/mol. The van der Waals surface area contributed by atoms with E-state index in [0.29, 0.717) is 6.42 Å². The van der Waals surface area contributed by atoms with Crippen LogP contribution in [0.1, 0.15) is 37.2 Å². The second-order valence-electron chi connectivity index (χ2n) is 6.64. The van der Waals surface area contributed by atoms with Gasteiger partial charge < -0.3 is 10.4 Å². The van der Waals surface area contributed by atoms with Crippen molar-refractivity contribution in [3.05, 3.63) is 47.0 Å². The zero-order chi connectivity index (χ0) is 18.6. The summed E-state index contributed by atoms with van der Waals surface area (Å²) in [4.78, 5) is 12.4. The van der Waals surface area contributed by atoms with Crippen LogP contribution in [0.3, 0.4) is 0 Å². The van der Waals surface area contributed by atoms with Gasteiger partial charge >= 0.3 is 0 Å². The van der Waals surface area contributed by atoms with Gasteiger partial charge in [0.2, 0.25) is 5.91 Å². The van der Waals surface area contributed by atoms with Crippen molar-refractivity contribution in [2.75, 3.05) is 6.61 Å². The molecule has 1 aromatic heterocycles. The summed E-state index contributed by atoms with van der Waals surface area (Å²) in [5, 5.41) is 16.6. The Kier molecular flexibility index (Phi) is 6.31. The molecule has 136 valence electrons. The third kappa shape index (κ3) is 4.66. The van der Waals surface area contributed by atoms with E-state index in [0.717, 1.165) is 22.6 Å². The van der Waals surface area contributed by atoms with Gasteiger partial charge in [0.1, 0.15) is 5.82 Å². The van der Waals surface area contributed by atoms with Crippen LogP contribution in [0.5, 0.6) is 0 Å². The van der Waals surface area contributed by atoms with E-state index >= 15 is 0 Å². The molecule has 0 spiro atoms. The second kappa shape index (κ2) is 8.25. The lowest BCUT2D eigenvalue weighted by molar-refractivity contribution is -0.121. The Balaban J connectivity index is 2.17. The van der Waals surface area contributed by atoms with E-state index < -0.39 is 0 Å². The Morgan fingerprint density at radius 1 is 1.28 bits per heavy atom. The number of amides is 1. The largest absolute Gasteiger partial charge is 0.396 e. The summed E-state index contributed by atoms with van der Waals surface area (Å²) in [5.41, 5.74) is 3.27. The standard InChI is InChI=1S/C19H26FN3O2/c1-12(2)18(9-10-24)21-19(25)11-17-13(3)22-23(14(17)4)16-7-5-15(20)6-8-16/h5-8,12,18,24H,9-11H2,1-4H3,(H,21,25). The van der Waals surface area contributed by atoms with Crippen LogP contribution in [0.25, 0.3) is 5.69 Å². The van der Waals surface area contributed by atoms with Gasteiger partial charge in [0.25, 0.3) is 0 Å². The molecule has 1 aromatic carbocycles. The summed E-state index contributed by atoms with van der Waals surface area (Å²) in [7, 11) is 0. The first-order chi connectivity index (χ1) is 11.8. The number of rotatable bonds is 7. The molecule has 0 saturated heterocycles. The summed E-state index contributed by atoms with van der Waals surface area (Å²) in [6.07, 6.45) is 0.768. The molecule has 1 atom stereocenters. The fraction of sp³-hybridized carbons (Fsp3) is 0.474. The molecule has 0 aliphatic rings. The summed E-state index contributed by atoms with van der Waals surface area (Å²) in [6.45, 7) is 7.85. The van der Waals surface area contributed by atoms with Crippen LogP contribution < -0.4 is 5.32 Å². The van der Waals surface area contributed by atoms with E-state index in [1.54, 1.807) is 16.8 Å². The molecule has 0 radical (unpaired) electrons. The van der Waals surface area contributed by atoms with Crippen LogP contribution in [0.4, 0.5) is 4.39 Å². The molecule has 6 heteroatoms. The Bertz CT molecular complexity index is 723. The minimum atomic E-state index is -0.298. The van der Waals surface area contributed by atoms with Gasteiger partial charge in [-0.1, -0.05) is 13.8 Å². The van der Waals surface area contributed by atoms with Crippen LogP contribution >= 0.6 is 0 Å². The Morgan fingerprint density at radius 2 is 1.92 bits per heavy atom. The summed E-state index contributed by atoms with van der Waals surface area (Å²) in [5.74, 6) is -0.134. The van der Waals surface area contributed by atoms with Gasteiger partial charge in [-0.05, 0) is 50.5 Å². The highest BCUT2D eigenvalue weighted by Gasteiger charge is 2.19. The highest BCUT2D eigenvalue weighted by Crippen LogP contribution is 2.19. The third-order valence-electron chi connectivity index (χ3n) is 4.44. The molecule has 1 amide bonds. The predicted octanol–water partition coefficient (Wildman–Crippen LogP) is 2.69. The molecular formula is C19H26FN3O2. The molecule has 25 heavy (non-hydrogen) atoms. The van der Waals surface area contributed by atoms with Crippen molar-refractivity contribution in [3.8, 4) is 5.69 Å². The minimum Gasteiger partial charge on any atom is -0.396 e. The number of aliphatic hydroxyl groups excluding tert-OH is 1. The lowest BCUT2D eigenvalue weighted by Crippen LogP contribution is -2.40. The van der Waals surface area contributed by atoms with Crippen LogP contribution in [-0.4, -0.2) is 33.4 Å². The average Bonchev–Trinajstić information content (AvgIpc) is 2.83. The van der Waals surface area contributed by atoms with Gasteiger partial charge in [-0.2, -0.15) is 5.10 Å². The number of carbonyl (C=O) groups is 1. The van der Waals surface area contributed by atoms with E-state index in [1.807, 2.05) is 27.7 Å². The van der Waals surface area contributed by atoms with Crippen molar-refractivity contribution in [1.29, 1.82) is 0 Å². The molecule has 2 rings (SSSR count). The quantitative estimate of drug-likeness (QED) is 0.809. The van der Waals surface area contributed by atoms with Crippen molar-refractivity contribution >= 4 is 5.91 Å². The normalized spacial score (nSPS) is 12.4. The van der Waals surface area contributed by atoms with Crippen LogP contribution in [-0.2, 0) is 11.2 Å². The number of aliphatic hydroxyl groups is 1. The smallest absolute Gasteiger partial charge is 0.224 e. The van der Waals surface area contributed by atoms with Crippen LogP contribution in [0, 0.1) is 25.6 Å². The lowest BCUT2D eigenvalue weighted by atomic mass is 10.0. The molecule has 1 heterocycles. The topological polar surface area (TPSA) is 67.2 Å². The number of nitrogens with one attached hydrogen (secondary N) is 1. The Morgan fingerprint density at radius 3 is 2.48 bits per heavy atom. The van der Waals surface area contributed by atoms with E-state index in [-0.39, 0.29) is 36.7 Å². The van der Waals surface area contributed by atoms with Gasteiger partial charge in [-0.25, -0.2) is 9.07 Å². The molecule has 5 nitrogen and oxygen atoms in total. The first kappa shape index (κ1) is 19.1. The van der Waals surface area contributed by atoms with Crippen LogP contribution in [0.15, 0.2) is 24.3 Å². The van der Waals surface area contributed by atoms with Crippen molar-refractivity contribution < 1.29 is 14.3 Å². The zero-order valence-electron chi connectivity index (χ0n) is 15.2. The Hall–Kier alpha value is -2.21. The van der Waals surface area contributed by atoms with Gasteiger partial charge in [-0.3, -0.25) is 4.79 Å². The number of hydrogen-bond acceptors (Lipinski definition) is 3. The number of benzene rings is 1. The van der Waals surface area contributed by atoms with Gasteiger partial charge in [-0.15, -0.1) is 0 Å². The van der Waals surface area contributed by atoms with E-state index in [2.05, 4.69) is 10.4 Å². The molecule has 1 unspecified atom stereocenters. The Labute approximate surface area is 147 Å². The van der Waals surface area contributed by atoms with Crippen molar-refractivity contribution in [2.24, 2.45) is 5.92 Å². The number of aryl methyl sites for hydroxylation is 1. The maximum Gasteiger partial charge on any atom is 0.224 e. The molecule has 2 N–H and O–H groups in total.